The van der Waals surface area contributed by atoms with Gasteiger partial charge in [-0.1, -0.05) is 0 Å². The van der Waals surface area contributed by atoms with Crippen LogP contribution in [-0.2, 0) is 10.0 Å². The van der Waals surface area contributed by atoms with E-state index in [-0.39, 0.29) is 16.6 Å². The average Bonchev–Trinajstić information content (AvgIpc) is 2.75. The van der Waals surface area contributed by atoms with E-state index in [4.69, 9.17) is 5.73 Å². The van der Waals surface area contributed by atoms with Crippen LogP contribution < -0.4 is 5.73 Å². The van der Waals surface area contributed by atoms with Crippen molar-refractivity contribution in [3.8, 4) is 0 Å². The minimum Gasteiger partial charge on any atom is -0.351 e. The van der Waals surface area contributed by atoms with Crippen molar-refractivity contribution in [2.24, 2.45) is 5.73 Å². The first kappa shape index (κ1) is 12.6. The molecule has 5 nitrogen and oxygen atoms in total. The molecule has 0 saturated carbocycles. The van der Waals surface area contributed by atoms with Crippen molar-refractivity contribution < 1.29 is 8.42 Å². The standard InChI is InChI=1S/C11H19N3O2S/c1-11(2)6-5-9(12)8-14(11)17(15,16)10-4-3-7-13-10/h3-4,7,9,13H,5-6,8,12H2,1-2H3. The molecule has 1 aliphatic rings. The molecule has 0 aliphatic carbocycles. The maximum atomic E-state index is 12.4. The second-order valence-electron chi connectivity index (χ2n) is 5.18. The van der Waals surface area contributed by atoms with Gasteiger partial charge in [-0.15, -0.1) is 0 Å². The second-order valence-corrected chi connectivity index (χ2v) is 7.01. The number of aromatic amines is 1. The molecule has 0 amide bonds. The topological polar surface area (TPSA) is 79.2 Å². The van der Waals surface area contributed by atoms with E-state index >= 15 is 0 Å². The molecular weight excluding hydrogens is 238 g/mol. The molecule has 0 spiro atoms. The zero-order chi connectivity index (χ0) is 12.7. The number of sulfonamides is 1. The minimum atomic E-state index is -3.46. The van der Waals surface area contributed by atoms with Crippen molar-refractivity contribution >= 4 is 10.0 Å². The number of H-pyrrole nitrogens is 1. The molecule has 1 unspecified atom stereocenters. The van der Waals surface area contributed by atoms with Crippen molar-refractivity contribution in [1.29, 1.82) is 0 Å². The van der Waals surface area contributed by atoms with Gasteiger partial charge in [-0.3, -0.25) is 0 Å². The van der Waals surface area contributed by atoms with Crippen LogP contribution in [-0.4, -0.2) is 35.8 Å². The van der Waals surface area contributed by atoms with Gasteiger partial charge in [0.1, 0.15) is 5.03 Å². The lowest BCUT2D eigenvalue weighted by atomic mass is 9.91. The first-order valence-electron chi connectivity index (χ1n) is 5.76. The minimum absolute atomic E-state index is 0.0761. The fourth-order valence-corrected chi connectivity index (χ4v) is 4.07. The van der Waals surface area contributed by atoms with Gasteiger partial charge in [-0.2, -0.15) is 4.31 Å². The summed E-state index contributed by atoms with van der Waals surface area (Å²) in [5.41, 5.74) is 5.50. The molecule has 96 valence electrons. The van der Waals surface area contributed by atoms with Gasteiger partial charge < -0.3 is 10.7 Å². The molecule has 1 atom stereocenters. The number of rotatable bonds is 2. The molecule has 2 rings (SSSR count). The third-order valence-electron chi connectivity index (χ3n) is 3.34. The quantitative estimate of drug-likeness (QED) is 0.826. The Morgan fingerprint density at radius 2 is 2.24 bits per heavy atom. The van der Waals surface area contributed by atoms with Crippen LogP contribution >= 0.6 is 0 Å². The van der Waals surface area contributed by atoms with Gasteiger partial charge in [0.05, 0.1) is 0 Å². The highest BCUT2D eigenvalue weighted by Gasteiger charge is 2.41. The van der Waals surface area contributed by atoms with E-state index in [9.17, 15) is 8.42 Å². The Labute approximate surface area is 102 Å². The van der Waals surface area contributed by atoms with Crippen LogP contribution in [0.5, 0.6) is 0 Å². The summed E-state index contributed by atoms with van der Waals surface area (Å²) in [6.45, 7) is 4.27. The van der Waals surface area contributed by atoms with Crippen molar-refractivity contribution in [3.05, 3.63) is 18.3 Å². The van der Waals surface area contributed by atoms with Crippen LogP contribution in [0.3, 0.4) is 0 Å². The van der Waals surface area contributed by atoms with Gasteiger partial charge in [-0.25, -0.2) is 8.42 Å². The summed E-state index contributed by atoms with van der Waals surface area (Å²) in [6.07, 6.45) is 3.27. The van der Waals surface area contributed by atoms with E-state index in [1.54, 1.807) is 18.3 Å². The molecule has 3 N–H and O–H groups in total. The highest BCUT2D eigenvalue weighted by molar-refractivity contribution is 7.89. The van der Waals surface area contributed by atoms with Crippen LogP contribution in [0.4, 0.5) is 0 Å². The normalized spacial score (nSPS) is 25.9. The summed E-state index contributed by atoms with van der Waals surface area (Å²) in [5, 5.41) is 0.236. The third-order valence-corrected chi connectivity index (χ3v) is 5.37. The van der Waals surface area contributed by atoms with Crippen LogP contribution in [0.15, 0.2) is 23.4 Å². The Balaban J connectivity index is 2.38. The van der Waals surface area contributed by atoms with Gasteiger partial charge in [0.2, 0.25) is 0 Å². The summed E-state index contributed by atoms with van der Waals surface area (Å²) >= 11 is 0. The Hall–Kier alpha value is -0.850. The van der Waals surface area contributed by atoms with Crippen LogP contribution in [0.1, 0.15) is 26.7 Å². The SMILES string of the molecule is CC1(C)CCC(N)CN1S(=O)(=O)c1ccc[nH]1. The highest BCUT2D eigenvalue weighted by atomic mass is 32.2. The highest BCUT2D eigenvalue weighted by Crippen LogP contribution is 2.31. The van der Waals surface area contributed by atoms with E-state index in [0.717, 1.165) is 12.8 Å². The van der Waals surface area contributed by atoms with Crippen LogP contribution in [0.2, 0.25) is 0 Å². The molecular formula is C11H19N3O2S. The van der Waals surface area contributed by atoms with Crippen molar-refractivity contribution in [2.45, 2.75) is 43.3 Å². The Kier molecular flexibility index (Phi) is 3.05. The number of hydrogen-bond acceptors (Lipinski definition) is 3. The van der Waals surface area contributed by atoms with Crippen LogP contribution in [0, 0.1) is 0 Å². The number of nitrogens with one attached hydrogen (secondary N) is 1. The van der Waals surface area contributed by atoms with Crippen molar-refractivity contribution in [1.82, 2.24) is 9.29 Å². The molecule has 1 aromatic heterocycles. The molecule has 2 heterocycles. The predicted octanol–water partition coefficient (Wildman–Crippen LogP) is 0.905. The third kappa shape index (κ3) is 2.25. The summed E-state index contributed by atoms with van der Waals surface area (Å²) < 4.78 is 26.4. The molecule has 0 aromatic carbocycles. The van der Waals surface area contributed by atoms with E-state index in [1.165, 1.54) is 4.31 Å². The Morgan fingerprint density at radius 1 is 1.53 bits per heavy atom. The lowest BCUT2D eigenvalue weighted by Gasteiger charge is -2.43. The van der Waals surface area contributed by atoms with E-state index in [2.05, 4.69) is 4.98 Å². The monoisotopic (exact) mass is 257 g/mol. The van der Waals surface area contributed by atoms with Gasteiger partial charge in [0.15, 0.2) is 0 Å². The van der Waals surface area contributed by atoms with Crippen molar-refractivity contribution in [3.63, 3.8) is 0 Å². The van der Waals surface area contributed by atoms with Gasteiger partial charge in [0.25, 0.3) is 10.0 Å². The first-order chi connectivity index (χ1) is 7.84. The Bertz CT molecular complexity index is 479. The first-order valence-corrected chi connectivity index (χ1v) is 7.20. The molecule has 0 bridgehead atoms. The van der Waals surface area contributed by atoms with E-state index in [1.807, 2.05) is 13.8 Å². The summed E-state index contributed by atoms with van der Waals surface area (Å²) in [7, 11) is -3.46. The smallest absolute Gasteiger partial charge is 0.259 e. The molecule has 0 radical (unpaired) electrons. The molecule has 17 heavy (non-hydrogen) atoms. The average molecular weight is 257 g/mol. The van der Waals surface area contributed by atoms with Crippen LogP contribution in [0.25, 0.3) is 0 Å². The number of hydrogen-bond donors (Lipinski definition) is 2. The fourth-order valence-electron chi connectivity index (χ4n) is 2.23. The number of aromatic nitrogens is 1. The zero-order valence-corrected chi connectivity index (χ0v) is 11.0. The predicted molar refractivity (Wildman–Crippen MR) is 66.0 cm³/mol. The number of nitrogens with two attached hydrogens (primary N) is 1. The molecule has 1 saturated heterocycles. The lowest BCUT2D eigenvalue weighted by molar-refractivity contribution is 0.154. The number of piperidine rings is 1. The maximum absolute atomic E-state index is 12.4. The molecule has 6 heteroatoms. The van der Waals surface area contributed by atoms with E-state index < -0.39 is 10.0 Å². The lowest BCUT2D eigenvalue weighted by Crippen LogP contribution is -2.56. The largest absolute Gasteiger partial charge is 0.351 e. The van der Waals surface area contributed by atoms with Gasteiger partial charge in [-0.05, 0) is 38.8 Å². The molecule has 1 fully saturated rings. The maximum Gasteiger partial charge on any atom is 0.259 e. The summed E-state index contributed by atoms with van der Waals surface area (Å²) in [6, 6.07) is 3.18. The van der Waals surface area contributed by atoms with E-state index in [0.29, 0.717) is 6.54 Å². The Morgan fingerprint density at radius 3 is 2.82 bits per heavy atom. The summed E-state index contributed by atoms with van der Waals surface area (Å²) in [5.74, 6) is 0. The zero-order valence-electron chi connectivity index (χ0n) is 10.2. The second kappa shape index (κ2) is 4.12. The van der Waals surface area contributed by atoms with Crippen molar-refractivity contribution in [2.75, 3.05) is 6.54 Å². The van der Waals surface area contributed by atoms with Gasteiger partial charge >= 0.3 is 0 Å². The van der Waals surface area contributed by atoms with Gasteiger partial charge in [0, 0.05) is 24.3 Å². The molecule has 1 aromatic rings. The number of nitrogens with zero attached hydrogens (tertiary/aromatic N) is 1. The fraction of sp³-hybridized carbons (Fsp3) is 0.636. The summed E-state index contributed by atoms with van der Waals surface area (Å²) in [4.78, 5) is 2.76. The molecule has 1 aliphatic heterocycles.